The number of hydrogen-bond acceptors (Lipinski definition) is 2. The van der Waals surface area contributed by atoms with Crippen molar-refractivity contribution in [2.75, 3.05) is 0 Å². The van der Waals surface area contributed by atoms with Crippen LogP contribution in [-0.4, -0.2) is 19.9 Å². The van der Waals surface area contributed by atoms with E-state index in [1.54, 1.807) is 0 Å². The van der Waals surface area contributed by atoms with Crippen LogP contribution < -0.4 is 0 Å². The summed E-state index contributed by atoms with van der Waals surface area (Å²) in [4.78, 5) is 16.3. The van der Waals surface area contributed by atoms with Crippen LogP contribution in [0.1, 0.15) is 11.1 Å². The largest absolute Gasteiger partial charge is 0.339 e. The van der Waals surface area contributed by atoms with Gasteiger partial charge in [0.25, 0.3) is 0 Å². The fraction of sp³-hybridized carbons (Fsp3) is 0.0370. The topological polar surface area (TPSA) is 57.4 Å². The van der Waals surface area contributed by atoms with Crippen LogP contribution in [-0.2, 0) is 6.42 Å². The smallest absolute Gasteiger partial charge is 0.137 e. The van der Waals surface area contributed by atoms with E-state index < -0.39 is 0 Å². The van der Waals surface area contributed by atoms with Gasteiger partial charge in [-0.1, -0.05) is 60.7 Å². The summed E-state index contributed by atoms with van der Waals surface area (Å²) in [6, 6.07) is 29.3. The number of fused-ring (bicyclic) bond motifs is 2. The molecule has 0 unspecified atom stereocenters. The number of rotatable bonds is 4. The molecule has 2 N–H and O–H groups in total. The molecule has 31 heavy (non-hydrogen) atoms. The Morgan fingerprint density at radius 3 is 1.42 bits per heavy atom. The number of benzene rings is 2. The molecule has 0 fully saturated rings. The summed E-state index contributed by atoms with van der Waals surface area (Å²) in [7, 11) is 0. The van der Waals surface area contributed by atoms with E-state index in [0.717, 1.165) is 51.0 Å². The Kier molecular flexibility index (Phi) is 4.13. The highest BCUT2D eigenvalue weighted by Gasteiger charge is 2.19. The molecule has 148 valence electrons. The molecule has 4 nitrogen and oxygen atoms in total. The van der Waals surface area contributed by atoms with Gasteiger partial charge in [0.1, 0.15) is 11.3 Å². The minimum absolute atomic E-state index is 0.770. The van der Waals surface area contributed by atoms with Crippen LogP contribution in [0.25, 0.3) is 44.6 Å². The van der Waals surface area contributed by atoms with Crippen LogP contribution in [0.5, 0.6) is 0 Å². The number of nitrogens with zero attached hydrogens (tertiary/aromatic N) is 2. The Bertz CT molecular complexity index is 1380. The van der Waals surface area contributed by atoms with Crippen LogP contribution in [0, 0.1) is 0 Å². The van der Waals surface area contributed by atoms with E-state index >= 15 is 0 Å². The van der Waals surface area contributed by atoms with Gasteiger partial charge in [-0.2, -0.15) is 0 Å². The fourth-order valence-corrected chi connectivity index (χ4v) is 4.40. The first-order valence-electron chi connectivity index (χ1n) is 10.4. The summed E-state index contributed by atoms with van der Waals surface area (Å²) >= 11 is 0. The summed E-state index contributed by atoms with van der Waals surface area (Å²) in [5.74, 6) is 0. The molecule has 4 aromatic heterocycles. The van der Waals surface area contributed by atoms with Crippen LogP contribution in [0.4, 0.5) is 0 Å². The zero-order valence-corrected chi connectivity index (χ0v) is 16.8. The van der Waals surface area contributed by atoms with Crippen molar-refractivity contribution in [2.24, 2.45) is 0 Å². The molecule has 4 heteroatoms. The van der Waals surface area contributed by atoms with E-state index in [9.17, 15) is 0 Å². The number of aromatic nitrogens is 4. The minimum atomic E-state index is 0.770. The molecule has 2 aromatic carbocycles. The second-order valence-corrected chi connectivity index (χ2v) is 7.67. The lowest BCUT2D eigenvalue weighted by Gasteiger charge is -2.08. The Morgan fingerprint density at radius 1 is 0.516 bits per heavy atom. The lowest BCUT2D eigenvalue weighted by Crippen LogP contribution is -1.93. The number of aromatic amines is 2. The summed E-state index contributed by atoms with van der Waals surface area (Å²) in [5, 5.41) is 2.30. The second-order valence-electron chi connectivity index (χ2n) is 7.67. The van der Waals surface area contributed by atoms with E-state index in [2.05, 4.69) is 80.6 Å². The molecule has 0 spiro atoms. The molecule has 0 aliphatic rings. The molecule has 0 aliphatic carbocycles. The van der Waals surface area contributed by atoms with Crippen LogP contribution >= 0.6 is 0 Å². The van der Waals surface area contributed by atoms with Gasteiger partial charge in [0, 0.05) is 29.6 Å². The monoisotopic (exact) mass is 400 g/mol. The molecule has 0 aliphatic heterocycles. The van der Waals surface area contributed by atoms with Crippen molar-refractivity contribution in [3.05, 3.63) is 108 Å². The molecule has 0 radical (unpaired) electrons. The molecule has 6 rings (SSSR count). The van der Waals surface area contributed by atoms with E-state index in [0.29, 0.717) is 0 Å². The molecular weight excluding hydrogens is 380 g/mol. The predicted molar refractivity (Wildman–Crippen MR) is 126 cm³/mol. The normalized spacial score (nSPS) is 11.4. The highest BCUT2D eigenvalue weighted by atomic mass is 14.9. The molecule has 0 saturated carbocycles. The van der Waals surface area contributed by atoms with Crippen molar-refractivity contribution < 1.29 is 0 Å². The van der Waals surface area contributed by atoms with Gasteiger partial charge >= 0.3 is 0 Å². The number of pyridine rings is 2. The predicted octanol–water partition coefficient (Wildman–Crippen LogP) is 6.36. The Morgan fingerprint density at radius 2 is 0.968 bits per heavy atom. The average Bonchev–Trinajstić information content (AvgIpc) is 3.40. The SMILES string of the molecule is c1ccc(-c2[nH]c3ncccc3c2Cc2c(-c3ccccc3)[nH]c3ncccc23)cc1. The van der Waals surface area contributed by atoms with E-state index in [1.807, 2.05) is 36.7 Å². The lowest BCUT2D eigenvalue weighted by molar-refractivity contribution is 1.22. The summed E-state index contributed by atoms with van der Waals surface area (Å²) in [6.07, 6.45) is 4.44. The van der Waals surface area contributed by atoms with Crippen molar-refractivity contribution >= 4 is 22.1 Å². The molecule has 0 amide bonds. The first-order chi connectivity index (χ1) is 15.4. The van der Waals surface area contributed by atoms with Crippen molar-refractivity contribution in [1.82, 2.24) is 19.9 Å². The van der Waals surface area contributed by atoms with E-state index in [-0.39, 0.29) is 0 Å². The molecular formula is C27H20N4. The lowest BCUT2D eigenvalue weighted by atomic mass is 9.95. The first-order valence-corrected chi connectivity index (χ1v) is 10.4. The van der Waals surface area contributed by atoms with Crippen LogP contribution in [0.2, 0.25) is 0 Å². The third-order valence-electron chi connectivity index (χ3n) is 5.83. The fourth-order valence-electron chi connectivity index (χ4n) is 4.40. The van der Waals surface area contributed by atoms with Crippen molar-refractivity contribution in [2.45, 2.75) is 6.42 Å². The van der Waals surface area contributed by atoms with Crippen molar-refractivity contribution in [3.8, 4) is 22.5 Å². The average molecular weight is 400 g/mol. The van der Waals surface area contributed by atoms with Gasteiger partial charge in [-0.3, -0.25) is 0 Å². The first kappa shape index (κ1) is 17.7. The van der Waals surface area contributed by atoms with Gasteiger partial charge in [0.15, 0.2) is 0 Å². The summed E-state index contributed by atoms with van der Waals surface area (Å²) < 4.78 is 0. The number of hydrogen-bond donors (Lipinski definition) is 2. The second kappa shape index (κ2) is 7.26. The zero-order chi connectivity index (χ0) is 20.6. The van der Waals surface area contributed by atoms with Gasteiger partial charge in [0.05, 0.1) is 11.4 Å². The highest BCUT2D eigenvalue weighted by molar-refractivity contribution is 5.93. The van der Waals surface area contributed by atoms with E-state index in [1.165, 1.54) is 11.1 Å². The van der Waals surface area contributed by atoms with Gasteiger partial charge in [-0.15, -0.1) is 0 Å². The van der Waals surface area contributed by atoms with Crippen molar-refractivity contribution in [1.29, 1.82) is 0 Å². The maximum absolute atomic E-state index is 4.58. The number of nitrogens with one attached hydrogen (secondary N) is 2. The Balaban J connectivity index is 1.60. The van der Waals surface area contributed by atoms with Gasteiger partial charge in [0.2, 0.25) is 0 Å². The Hall–Kier alpha value is -4.18. The number of H-pyrrole nitrogens is 2. The maximum atomic E-state index is 4.58. The summed E-state index contributed by atoms with van der Waals surface area (Å²) in [5.41, 5.74) is 8.88. The quantitative estimate of drug-likeness (QED) is 0.361. The molecule has 4 heterocycles. The van der Waals surface area contributed by atoms with Crippen LogP contribution in [0.3, 0.4) is 0 Å². The molecule has 0 bridgehead atoms. The van der Waals surface area contributed by atoms with E-state index in [4.69, 9.17) is 0 Å². The molecule has 0 saturated heterocycles. The van der Waals surface area contributed by atoms with Crippen LogP contribution in [0.15, 0.2) is 97.3 Å². The third-order valence-corrected chi connectivity index (χ3v) is 5.83. The molecule has 6 aromatic rings. The molecule has 0 atom stereocenters. The zero-order valence-electron chi connectivity index (χ0n) is 16.8. The third kappa shape index (κ3) is 3.01. The summed E-state index contributed by atoms with van der Waals surface area (Å²) in [6.45, 7) is 0. The van der Waals surface area contributed by atoms with Gasteiger partial charge in [-0.25, -0.2) is 9.97 Å². The highest BCUT2D eigenvalue weighted by Crippen LogP contribution is 2.36. The van der Waals surface area contributed by atoms with Crippen molar-refractivity contribution in [3.63, 3.8) is 0 Å². The minimum Gasteiger partial charge on any atom is -0.339 e. The standard InChI is InChI=1S/C27H20N4/c1-3-9-18(10-4-1)24-22(20-13-7-15-28-26(20)30-24)17-23-21-14-8-16-29-27(21)31-25(23)19-11-5-2-6-12-19/h1-16H,17H2,(H,28,30)(H,29,31). The Labute approximate surface area is 179 Å². The van der Waals surface area contributed by atoms with Gasteiger partial charge < -0.3 is 9.97 Å². The van der Waals surface area contributed by atoms with Gasteiger partial charge in [-0.05, 0) is 46.5 Å². The maximum Gasteiger partial charge on any atom is 0.137 e.